The van der Waals surface area contributed by atoms with Crippen LogP contribution in [0.1, 0.15) is 55.1 Å². The molecule has 5 heteroatoms. The first-order valence-corrected chi connectivity index (χ1v) is 8.50. The quantitative estimate of drug-likeness (QED) is 0.673. The van der Waals surface area contributed by atoms with Crippen molar-refractivity contribution in [3.63, 3.8) is 0 Å². The van der Waals surface area contributed by atoms with Crippen LogP contribution in [-0.2, 0) is 6.42 Å². The number of carbonyl (C=O) groups is 1. The number of ketones is 1. The lowest BCUT2D eigenvalue weighted by atomic mass is 9.82. The van der Waals surface area contributed by atoms with Crippen LogP contribution in [0.15, 0.2) is 23.0 Å². The van der Waals surface area contributed by atoms with Gasteiger partial charge in [0, 0.05) is 11.4 Å². The van der Waals surface area contributed by atoms with E-state index in [9.17, 15) is 14.8 Å². The number of hydrogen-bond acceptors (Lipinski definition) is 3. The van der Waals surface area contributed by atoms with Crippen LogP contribution in [0.5, 0.6) is 0 Å². The minimum Gasteiger partial charge on any atom is -0.428 e. The van der Waals surface area contributed by atoms with E-state index in [0.29, 0.717) is 29.1 Å². The van der Waals surface area contributed by atoms with Crippen molar-refractivity contribution in [1.82, 2.24) is 4.73 Å². The second-order valence-electron chi connectivity index (χ2n) is 6.32. The van der Waals surface area contributed by atoms with Crippen molar-refractivity contribution in [2.45, 2.75) is 45.4 Å². The van der Waals surface area contributed by atoms with Crippen LogP contribution in [0.3, 0.4) is 0 Å². The van der Waals surface area contributed by atoms with Gasteiger partial charge in [-0.1, -0.05) is 37.8 Å². The predicted molar refractivity (Wildman–Crippen MR) is 90.7 cm³/mol. The molecule has 1 heterocycles. The number of fused-ring (bicyclic) bond motifs is 2. The van der Waals surface area contributed by atoms with Crippen LogP contribution in [0.4, 0.5) is 0 Å². The van der Waals surface area contributed by atoms with Gasteiger partial charge in [0.2, 0.25) is 5.43 Å². The molecule has 0 spiro atoms. The van der Waals surface area contributed by atoms with Gasteiger partial charge >= 0.3 is 0 Å². The highest BCUT2D eigenvalue weighted by Crippen LogP contribution is 2.29. The Balaban J connectivity index is 2.08. The van der Waals surface area contributed by atoms with E-state index in [1.54, 1.807) is 12.1 Å². The monoisotopic (exact) mass is 333 g/mol. The van der Waals surface area contributed by atoms with Crippen molar-refractivity contribution in [2.75, 3.05) is 0 Å². The molecule has 0 bridgehead atoms. The zero-order valence-corrected chi connectivity index (χ0v) is 13.9. The van der Waals surface area contributed by atoms with Crippen LogP contribution in [0.2, 0.25) is 5.02 Å². The van der Waals surface area contributed by atoms with Gasteiger partial charge in [0.1, 0.15) is 0 Å². The molecule has 1 unspecified atom stereocenters. The molecule has 23 heavy (non-hydrogen) atoms. The van der Waals surface area contributed by atoms with Gasteiger partial charge in [0.15, 0.2) is 5.78 Å². The SMILES string of the molecule is CCCCCC1CC(=O)c2c(n(O)c3ccc(Cl)cc3c2=O)C1. The summed E-state index contributed by atoms with van der Waals surface area (Å²) in [6, 6.07) is 4.75. The van der Waals surface area contributed by atoms with Crippen molar-refractivity contribution in [3.05, 3.63) is 44.7 Å². The van der Waals surface area contributed by atoms with E-state index in [2.05, 4.69) is 6.92 Å². The third kappa shape index (κ3) is 2.88. The number of unbranched alkanes of at least 4 members (excludes halogenated alkanes) is 2. The van der Waals surface area contributed by atoms with E-state index in [4.69, 9.17) is 11.6 Å². The Morgan fingerprint density at radius 2 is 2.04 bits per heavy atom. The van der Waals surface area contributed by atoms with Crippen molar-refractivity contribution in [3.8, 4) is 0 Å². The zero-order valence-electron chi connectivity index (χ0n) is 13.1. The Labute approximate surface area is 139 Å². The second-order valence-corrected chi connectivity index (χ2v) is 6.75. The summed E-state index contributed by atoms with van der Waals surface area (Å²) in [6.45, 7) is 2.14. The maximum Gasteiger partial charge on any atom is 0.200 e. The normalized spacial score (nSPS) is 17.5. The number of Topliss-reactive ketones (excluding diaryl/α,β-unsaturated/α-hetero) is 1. The lowest BCUT2D eigenvalue weighted by Gasteiger charge is -2.25. The van der Waals surface area contributed by atoms with Crippen LogP contribution < -0.4 is 5.43 Å². The number of aromatic nitrogens is 1. The summed E-state index contributed by atoms with van der Waals surface area (Å²) in [5.41, 5.74) is 0.663. The molecule has 3 rings (SSSR count). The fourth-order valence-electron chi connectivity index (χ4n) is 3.46. The maximum atomic E-state index is 12.7. The van der Waals surface area contributed by atoms with E-state index in [-0.39, 0.29) is 28.1 Å². The third-order valence-corrected chi connectivity index (χ3v) is 4.89. The summed E-state index contributed by atoms with van der Waals surface area (Å²) >= 11 is 5.94. The summed E-state index contributed by atoms with van der Waals surface area (Å²) in [4.78, 5) is 25.1. The Morgan fingerprint density at radius 3 is 2.78 bits per heavy atom. The number of nitrogens with zero attached hydrogens (tertiary/aromatic N) is 1. The first kappa shape index (κ1) is 16.1. The molecule has 1 aromatic heterocycles. The summed E-state index contributed by atoms with van der Waals surface area (Å²) in [6.07, 6.45) is 5.24. The summed E-state index contributed by atoms with van der Waals surface area (Å²) in [5, 5.41) is 11.2. The predicted octanol–water partition coefficient (Wildman–Crippen LogP) is 4.22. The number of halogens is 1. The first-order valence-electron chi connectivity index (χ1n) is 8.12. The largest absolute Gasteiger partial charge is 0.428 e. The van der Waals surface area contributed by atoms with Crippen molar-refractivity contribution >= 4 is 28.3 Å². The van der Waals surface area contributed by atoms with E-state index in [1.165, 1.54) is 6.07 Å². The lowest BCUT2D eigenvalue weighted by molar-refractivity contribution is 0.0926. The molecule has 0 saturated heterocycles. The molecule has 1 N–H and O–H groups in total. The van der Waals surface area contributed by atoms with Crippen LogP contribution in [-0.4, -0.2) is 15.7 Å². The molecule has 0 saturated carbocycles. The Hall–Kier alpha value is -1.81. The number of pyridine rings is 1. The van der Waals surface area contributed by atoms with Gasteiger partial charge in [-0.25, -0.2) is 0 Å². The molecule has 0 aliphatic heterocycles. The van der Waals surface area contributed by atoms with Crippen molar-refractivity contribution in [1.29, 1.82) is 0 Å². The molecule has 1 aliphatic carbocycles. The van der Waals surface area contributed by atoms with Gasteiger partial charge in [-0.05, 0) is 37.0 Å². The zero-order chi connectivity index (χ0) is 16.6. The molecule has 1 atom stereocenters. The molecular formula is C18H20ClNO3. The molecule has 4 nitrogen and oxygen atoms in total. The number of benzene rings is 1. The second kappa shape index (κ2) is 6.36. The van der Waals surface area contributed by atoms with Gasteiger partial charge in [0.25, 0.3) is 0 Å². The number of hydrogen-bond donors (Lipinski definition) is 1. The maximum absolute atomic E-state index is 12.7. The molecule has 2 aromatic rings. The molecule has 0 amide bonds. The van der Waals surface area contributed by atoms with Crippen molar-refractivity contribution in [2.24, 2.45) is 5.92 Å². The number of rotatable bonds is 4. The van der Waals surface area contributed by atoms with E-state index < -0.39 is 0 Å². The minimum absolute atomic E-state index is 0.133. The molecule has 0 radical (unpaired) electrons. The number of carbonyl (C=O) groups excluding carboxylic acids is 1. The first-order chi connectivity index (χ1) is 11.0. The highest BCUT2D eigenvalue weighted by Gasteiger charge is 2.31. The average Bonchev–Trinajstić information content (AvgIpc) is 2.52. The summed E-state index contributed by atoms with van der Waals surface area (Å²) in [5.74, 6) is 0.0338. The van der Waals surface area contributed by atoms with Crippen LogP contribution in [0.25, 0.3) is 10.9 Å². The average molecular weight is 334 g/mol. The molecule has 1 aromatic carbocycles. The third-order valence-electron chi connectivity index (χ3n) is 4.65. The van der Waals surface area contributed by atoms with Gasteiger partial charge < -0.3 is 5.21 Å². The smallest absolute Gasteiger partial charge is 0.200 e. The van der Waals surface area contributed by atoms with Crippen molar-refractivity contribution < 1.29 is 10.0 Å². The van der Waals surface area contributed by atoms with E-state index in [1.807, 2.05) is 0 Å². The lowest BCUT2D eigenvalue weighted by Crippen LogP contribution is -2.31. The summed E-state index contributed by atoms with van der Waals surface area (Å²) < 4.78 is 1.01. The topological polar surface area (TPSA) is 59.3 Å². The molecular weight excluding hydrogens is 314 g/mol. The van der Waals surface area contributed by atoms with Crippen LogP contribution in [0, 0.1) is 5.92 Å². The minimum atomic E-state index is -0.320. The highest BCUT2D eigenvalue weighted by atomic mass is 35.5. The molecule has 1 aliphatic rings. The Bertz CT molecular complexity index is 825. The van der Waals surface area contributed by atoms with E-state index in [0.717, 1.165) is 30.4 Å². The van der Waals surface area contributed by atoms with Gasteiger partial charge in [-0.2, -0.15) is 4.73 Å². The summed E-state index contributed by atoms with van der Waals surface area (Å²) in [7, 11) is 0. The fourth-order valence-corrected chi connectivity index (χ4v) is 3.64. The highest BCUT2D eigenvalue weighted by molar-refractivity contribution is 6.31. The van der Waals surface area contributed by atoms with Gasteiger partial charge in [-0.15, -0.1) is 0 Å². The van der Waals surface area contributed by atoms with Gasteiger partial charge in [-0.3, -0.25) is 9.59 Å². The van der Waals surface area contributed by atoms with Gasteiger partial charge in [0.05, 0.1) is 22.2 Å². The Kier molecular flexibility index (Phi) is 4.44. The molecule has 122 valence electrons. The van der Waals surface area contributed by atoms with E-state index >= 15 is 0 Å². The standard InChI is InChI=1S/C18H20ClNO3/c1-2-3-4-5-11-8-15-17(16(21)9-11)18(22)13-10-12(19)6-7-14(13)20(15)23/h6-7,10-11,23H,2-5,8-9H2,1H3. The fraction of sp³-hybridized carbons (Fsp3) is 0.444. The Morgan fingerprint density at radius 1 is 1.26 bits per heavy atom. The molecule has 0 fully saturated rings. The van der Waals surface area contributed by atoms with Crippen LogP contribution >= 0.6 is 11.6 Å².